The number of imide groups is 2. The van der Waals surface area contributed by atoms with Crippen LogP contribution in [0.5, 0.6) is 0 Å². The third kappa shape index (κ3) is 4.41. The van der Waals surface area contributed by atoms with Crippen molar-refractivity contribution in [2.75, 3.05) is 4.90 Å². The van der Waals surface area contributed by atoms with Crippen molar-refractivity contribution in [3.63, 3.8) is 0 Å². The van der Waals surface area contributed by atoms with Gasteiger partial charge in [-0.2, -0.15) is 0 Å². The predicted molar refractivity (Wildman–Crippen MR) is 133 cm³/mol. The Kier molecular flexibility index (Phi) is 5.95. The number of hydrogen-bond donors (Lipinski definition) is 2. The summed E-state index contributed by atoms with van der Waals surface area (Å²) >= 11 is 0. The summed E-state index contributed by atoms with van der Waals surface area (Å²) < 4.78 is 6.98. The number of benzene rings is 2. The van der Waals surface area contributed by atoms with E-state index in [-0.39, 0.29) is 24.6 Å². The lowest BCUT2D eigenvalue weighted by molar-refractivity contribution is -0.123. The highest BCUT2D eigenvalue weighted by atomic mass is 16.3. The van der Waals surface area contributed by atoms with Crippen molar-refractivity contribution in [3.8, 4) is 0 Å². The van der Waals surface area contributed by atoms with Gasteiger partial charge in [-0.25, -0.2) is 9.69 Å². The Balaban J connectivity index is 1.46. The van der Waals surface area contributed by atoms with Crippen molar-refractivity contribution >= 4 is 46.4 Å². The Morgan fingerprint density at radius 3 is 2.67 bits per heavy atom. The maximum atomic E-state index is 13.3. The molecule has 4 aromatic rings. The fourth-order valence-electron chi connectivity index (χ4n) is 4.15. The molecule has 2 aromatic heterocycles. The predicted octanol–water partition coefficient (Wildman–Crippen LogP) is 3.53. The molecule has 1 fully saturated rings. The van der Waals surface area contributed by atoms with Gasteiger partial charge in [-0.15, -0.1) is 0 Å². The van der Waals surface area contributed by atoms with Gasteiger partial charge in [0.1, 0.15) is 17.9 Å². The zero-order chi connectivity index (χ0) is 25.2. The first-order valence-corrected chi connectivity index (χ1v) is 11.3. The molecule has 1 aliphatic rings. The average molecular weight is 482 g/mol. The number of rotatable bonds is 6. The number of para-hydroxylation sites is 1. The van der Waals surface area contributed by atoms with Gasteiger partial charge < -0.3 is 14.3 Å². The zero-order valence-corrected chi connectivity index (χ0v) is 19.4. The number of nitrogens with one attached hydrogen (secondary N) is 2. The van der Waals surface area contributed by atoms with Crippen molar-refractivity contribution in [1.29, 1.82) is 0 Å². The van der Waals surface area contributed by atoms with E-state index in [1.807, 2.05) is 37.3 Å². The van der Waals surface area contributed by atoms with Crippen LogP contribution in [-0.4, -0.2) is 28.3 Å². The fraction of sp³-hybridized carbons (Fsp3) is 0.111. The van der Waals surface area contributed by atoms with Gasteiger partial charge >= 0.3 is 6.03 Å². The number of nitrogens with zero attached hydrogens (tertiary/aromatic N) is 2. The molecule has 3 heterocycles. The first kappa shape index (κ1) is 22.9. The number of carbonyl (C=O) groups is 4. The zero-order valence-electron chi connectivity index (χ0n) is 19.4. The molecule has 2 aromatic carbocycles. The molecule has 0 unspecified atom stereocenters. The SMILES string of the molecule is Cc1cccc(N2C(=O)NC(=O)/C(=C\c3cn(CC(=O)NCc4ccco4)c4ccccc34)C2=O)c1. The number of urea groups is 1. The van der Waals surface area contributed by atoms with E-state index in [0.717, 1.165) is 21.4 Å². The number of carbonyl (C=O) groups excluding carboxylic acids is 4. The molecule has 9 nitrogen and oxygen atoms in total. The summed E-state index contributed by atoms with van der Waals surface area (Å²) in [6.07, 6.45) is 4.70. The van der Waals surface area contributed by atoms with Crippen LogP contribution in [0.25, 0.3) is 17.0 Å². The molecule has 1 aliphatic heterocycles. The first-order chi connectivity index (χ1) is 17.4. The first-order valence-electron chi connectivity index (χ1n) is 11.3. The van der Waals surface area contributed by atoms with E-state index in [1.165, 1.54) is 12.3 Å². The van der Waals surface area contributed by atoms with Crippen LogP contribution in [0.2, 0.25) is 0 Å². The van der Waals surface area contributed by atoms with Crippen LogP contribution in [0, 0.1) is 6.92 Å². The Labute approximate surface area is 206 Å². The van der Waals surface area contributed by atoms with Gasteiger partial charge in [0, 0.05) is 22.7 Å². The molecule has 2 N–H and O–H groups in total. The lowest BCUT2D eigenvalue weighted by atomic mass is 10.1. The summed E-state index contributed by atoms with van der Waals surface area (Å²) in [5.41, 5.74) is 2.38. The largest absolute Gasteiger partial charge is 0.467 e. The number of aromatic nitrogens is 1. The average Bonchev–Trinajstić information content (AvgIpc) is 3.49. The lowest BCUT2D eigenvalue weighted by Crippen LogP contribution is -2.54. The summed E-state index contributed by atoms with van der Waals surface area (Å²) in [7, 11) is 0. The molecule has 0 saturated carbocycles. The number of hydrogen-bond acceptors (Lipinski definition) is 5. The second-order valence-corrected chi connectivity index (χ2v) is 8.38. The topological polar surface area (TPSA) is 114 Å². The highest BCUT2D eigenvalue weighted by molar-refractivity contribution is 6.39. The molecule has 0 bridgehead atoms. The third-order valence-electron chi connectivity index (χ3n) is 5.83. The van der Waals surface area contributed by atoms with E-state index < -0.39 is 17.8 Å². The van der Waals surface area contributed by atoms with Crippen LogP contribution >= 0.6 is 0 Å². The van der Waals surface area contributed by atoms with Gasteiger partial charge in [0.2, 0.25) is 5.91 Å². The van der Waals surface area contributed by atoms with E-state index in [2.05, 4.69) is 10.6 Å². The Morgan fingerprint density at radius 2 is 1.89 bits per heavy atom. The van der Waals surface area contributed by atoms with E-state index in [1.54, 1.807) is 41.1 Å². The van der Waals surface area contributed by atoms with Crippen molar-refractivity contribution in [3.05, 3.63) is 95.6 Å². The lowest BCUT2D eigenvalue weighted by Gasteiger charge is -2.26. The highest BCUT2D eigenvalue weighted by Gasteiger charge is 2.37. The minimum absolute atomic E-state index is 0.0262. The second-order valence-electron chi connectivity index (χ2n) is 8.38. The van der Waals surface area contributed by atoms with Crippen LogP contribution in [-0.2, 0) is 27.5 Å². The Hall–Kier alpha value is -4.92. The third-order valence-corrected chi connectivity index (χ3v) is 5.83. The Bertz CT molecular complexity index is 1530. The van der Waals surface area contributed by atoms with Gasteiger partial charge in [0.15, 0.2) is 0 Å². The van der Waals surface area contributed by atoms with E-state index in [4.69, 9.17) is 4.42 Å². The maximum absolute atomic E-state index is 13.3. The second kappa shape index (κ2) is 9.38. The number of fused-ring (bicyclic) bond motifs is 1. The molecule has 180 valence electrons. The molecule has 0 radical (unpaired) electrons. The molecule has 36 heavy (non-hydrogen) atoms. The molecular weight excluding hydrogens is 460 g/mol. The minimum atomic E-state index is -0.802. The van der Waals surface area contributed by atoms with E-state index in [0.29, 0.717) is 17.0 Å². The van der Waals surface area contributed by atoms with Crippen LogP contribution in [0.3, 0.4) is 0 Å². The molecular formula is C27H22N4O5. The number of furan rings is 1. The summed E-state index contributed by atoms with van der Waals surface area (Å²) in [4.78, 5) is 51.9. The standard InChI is InChI=1S/C27H22N4O5/c1-17-6-4-7-19(12-17)31-26(34)22(25(33)29-27(31)35)13-18-15-30(23-10-3-2-9-21(18)23)16-24(32)28-14-20-8-5-11-36-20/h2-13,15H,14,16H2,1H3,(H,28,32)(H,29,33,35)/b22-13+. The van der Waals surface area contributed by atoms with Crippen molar-refractivity contribution in [2.45, 2.75) is 20.0 Å². The molecule has 9 heteroatoms. The van der Waals surface area contributed by atoms with Crippen molar-refractivity contribution in [1.82, 2.24) is 15.2 Å². The Morgan fingerprint density at radius 1 is 1.06 bits per heavy atom. The van der Waals surface area contributed by atoms with Crippen molar-refractivity contribution < 1.29 is 23.6 Å². The van der Waals surface area contributed by atoms with E-state index >= 15 is 0 Å². The van der Waals surface area contributed by atoms with Gasteiger partial charge in [-0.3, -0.25) is 19.7 Å². The minimum Gasteiger partial charge on any atom is -0.467 e. The van der Waals surface area contributed by atoms with Crippen LogP contribution in [0.15, 0.2) is 83.1 Å². The summed E-state index contributed by atoms with van der Waals surface area (Å²) in [6, 6.07) is 17.0. The molecule has 0 atom stereocenters. The van der Waals surface area contributed by atoms with E-state index in [9.17, 15) is 19.2 Å². The molecule has 5 amide bonds. The number of amides is 5. The van der Waals surface area contributed by atoms with Gasteiger partial charge in [0.05, 0.1) is 18.5 Å². The van der Waals surface area contributed by atoms with Gasteiger partial charge in [-0.1, -0.05) is 30.3 Å². The molecule has 0 spiro atoms. The fourth-order valence-corrected chi connectivity index (χ4v) is 4.15. The number of barbiturate groups is 1. The van der Waals surface area contributed by atoms with Gasteiger partial charge in [-0.05, 0) is 48.9 Å². The van der Waals surface area contributed by atoms with Crippen LogP contribution in [0.4, 0.5) is 10.5 Å². The highest BCUT2D eigenvalue weighted by Crippen LogP contribution is 2.27. The monoisotopic (exact) mass is 482 g/mol. The maximum Gasteiger partial charge on any atom is 0.335 e. The number of aryl methyl sites for hydroxylation is 1. The van der Waals surface area contributed by atoms with Crippen LogP contribution < -0.4 is 15.5 Å². The molecule has 5 rings (SSSR count). The summed E-state index contributed by atoms with van der Waals surface area (Å²) in [5.74, 6) is -1.08. The smallest absolute Gasteiger partial charge is 0.335 e. The number of anilines is 1. The normalized spacial score (nSPS) is 15.0. The van der Waals surface area contributed by atoms with Gasteiger partial charge in [0.25, 0.3) is 11.8 Å². The van der Waals surface area contributed by atoms with Crippen LogP contribution in [0.1, 0.15) is 16.9 Å². The summed E-state index contributed by atoms with van der Waals surface area (Å²) in [5, 5.41) is 5.80. The van der Waals surface area contributed by atoms with Crippen molar-refractivity contribution in [2.24, 2.45) is 0 Å². The summed E-state index contributed by atoms with van der Waals surface area (Å²) in [6.45, 7) is 2.13. The molecule has 0 aliphatic carbocycles. The molecule has 1 saturated heterocycles. The quantitative estimate of drug-likeness (QED) is 0.322.